The van der Waals surface area contributed by atoms with E-state index >= 15 is 0 Å². The first-order chi connectivity index (χ1) is 6.13. The van der Waals surface area contributed by atoms with Gasteiger partial charge in [-0.3, -0.25) is 14.6 Å². The Kier molecular flexibility index (Phi) is 6.44. The number of carboxylic acid groups (broad SMARTS) is 2. The molecule has 0 radical (unpaired) electrons. The van der Waals surface area contributed by atoms with Crippen molar-refractivity contribution >= 4 is 23.3 Å². The standard InChI is InChI=1S/C4H6O4.C3H3NS/c5-3(6)1-2-4(7)8;1-2-5-3-4-1/h1-2H2,(H,5,6)(H,7,8);1-3H. The van der Waals surface area contributed by atoms with Crippen LogP contribution >= 0.6 is 11.3 Å². The molecular formula is C7H9NO4S. The van der Waals surface area contributed by atoms with Gasteiger partial charge in [0.25, 0.3) is 0 Å². The Balaban J connectivity index is 0.000000243. The van der Waals surface area contributed by atoms with Gasteiger partial charge in [-0.2, -0.15) is 0 Å². The van der Waals surface area contributed by atoms with Gasteiger partial charge in [0.2, 0.25) is 0 Å². The van der Waals surface area contributed by atoms with Crippen molar-refractivity contribution in [2.75, 3.05) is 0 Å². The van der Waals surface area contributed by atoms with E-state index in [2.05, 4.69) is 4.98 Å². The van der Waals surface area contributed by atoms with Gasteiger partial charge in [-0.1, -0.05) is 0 Å². The lowest BCUT2D eigenvalue weighted by molar-refractivity contribution is -0.143. The summed E-state index contributed by atoms with van der Waals surface area (Å²) in [7, 11) is 0. The van der Waals surface area contributed by atoms with Crippen LogP contribution in [0.3, 0.4) is 0 Å². The number of hydrogen-bond acceptors (Lipinski definition) is 4. The SMILES string of the molecule is O=C(O)CCC(=O)O.c1cscn1. The molecular weight excluding hydrogens is 194 g/mol. The first-order valence-corrected chi connectivity index (χ1v) is 4.33. The molecule has 0 saturated heterocycles. The summed E-state index contributed by atoms with van der Waals surface area (Å²) >= 11 is 1.60. The van der Waals surface area contributed by atoms with Gasteiger partial charge in [0, 0.05) is 11.6 Å². The number of rotatable bonds is 3. The second kappa shape index (κ2) is 7.23. The van der Waals surface area contributed by atoms with Crippen molar-refractivity contribution in [1.29, 1.82) is 0 Å². The maximum atomic E-state index is 9.64. The normalized spacial score (nSPS) is 8.31. The molecule has 0 aliphatic carbocycles. The largest absolute Gasteiger partial charge is 0.481 e. The maximum Gasteiger partial charge on any atom is 0.303 e. The van der Waals surface area contributed by atoms with Crippen LogP contribution in [-0.4, -0.2) is 27.1 Å². The van der Waals surface area contributed by atoms with E-state index in [9.17, 15) is 9.59 Å². The fraction of sp³-hybridized carbons (Fsp3) is 0.286. The zero-order valence-corrected chi connectivity index (χ0v) is 7.53. The summed E-state index contributed by atoms with van der Waals surface area (Å²) in [4.78, 5) is 23.0. The van der Waals surface area contributed by atoms with E-state index in [-0.39, 0.29) is 12.8 Å². The lowest BCUT2D eigenvalue weighted by Crippen LogP contribution is -2.00. The molecule has 0 spiro atoms. The minimum Gasteiger partial charge on any atom is -0.481 e. The number of nitrogens with zero attached hydrogens (tertiary/aromatic N) is 1. The van der Waals surface area contributed by atoms with Crippen LogP contribution in [0.25, 0.3) is 0 Å². The quantitative estimate of drug-likeness (QED) is 0.767. The third-order valence-corrected chi connectivity index (χ3v) is 1.42. The summed E-state index contributed by atoms with van der Waals surface area (Å²) in [5, 5.41) is 17.7. The highest BCUT2D eigenvalue weighted by molar-refractivity contribution is 7.07. The van der Waals surface area contributed by atoms with Crippen molar-refractivity contribution in [3.05, 3.63) is 17.1 Å². The number of aromatic nitrogens is 1. The van der Waals surface area contributed by atoms with Crippen LogP contribution in [0.1, 0.15) is 12.8 Å². The molecule has 13 heavy (non-hydrogen) atoms. The first-order valence-electron chi connectivity index (χ1n) is 3.38. The minimum absolute atomic E-state index is 0.296. The Morgan fingerprint density at radius 1 is 1.23 bits per heavy atom. The van der Waals surface area contributed by atoms with E-state index in [1.807, 2.05) is 5.38 Å². The highest BCUT2D eigenvalue weighted by Gasteiger charge is 2.00. The van der Waals surface area contributed by atoms with Crippen LogP contribution < -0.4 is 0 Å². The van der Waals surface area contributed by atoms with E-state index in [4.69, 9.17) is 10.2 Å². The Bertz CT molecular complexity index is 216. The zero-order valence-electron chi connectivity index (χ0n) is 6.71. The van der Waals surface area contributed by atoms with E-state index in [1.54, 1.807) is 23.0 Å². The third kappa shape index (κ3) is 10.6. The fourth-order valence-electron chi connectivity index (χ4n) is 0.390. The Morgan fingerprint density at radius 3 is 1.92 bits per heavy atom. The molecule has 0 fully saturated rings. The predicted molar refractivity (Wildman–Crippen MR) is 46.6 cm³/mol. The average Bonchev–Trinajstić information content (AvgIpc) is 2.57. The van der Waals surface area contributed by atoms with Gasteiger partial charge in [0.1, 0.15) is 0 Å². The van der Waals surface area contributed by atoms with E-state index < -0.39 is 11.9 Å². The molecule has 1 aromatic heterocycles. The molecule has 1 rings (SSSR count). The number of carbonyl (C=O) groups is 2. The number of hydrogen-bond donors (Lipinski definition) is 2. The van der Waals surface area contributed by atoms with E-state index in [0.717, 1.165) is 0 Å². The van der Waals surface area contributed by atoms with Gasteiger partial charge < -0.3 is 10.2 Å². The third-order valence-electron chi connectivity index (χ3n) is 0.900. The summed E-state index contributed by atoms with van der Waals surface area (Å²) in [5.74, 6) is -2.15. The zero-order chi connectivity index (χ0) is 10.1. The molecule has 0 aromatic carbocycles. The van der Waals surface area contributed by atoms with Crippen molar-refractivity contribution in [2.45, 2.75) is 12.8 Å². The van der Waals surface area contributed by atoms with Crippen molar-refractivity contribution in [3.63, 3.8) is 0 Å². The van der Waals surface area contributed by atoms with Crippen molar-refractivity contribution in [2.24, 2.45) is 0 Å². The topological polar surface area (TPSA) is 87.5 Å². The summed E-state index contributed by atoms with van der Waals surface area (Å²) in [6, 6.07) is 0. The summed E-state index contributed by atoms with van der Waals surface area (Å²) in [5.41, 5.74) is 1.79. The van der Waals surface area contributed by atoms with Gasteiger partial charge in [0.15, 0.2) is 0 Å². The molecule has 72 valence electrons. The maximum absolute atomic E-state index is 9.64. The molecule has 0 aliphatic heterocycles. The molecule has 1 aromatic rings. The Morgan fingerprint density at radius 2 is 1.77 bits per heavy atom. The smallest absolute Gasteiger partial charge is 0.303 e. The Labute approximate surface area is 78.7 Å². The predicted octanol–water partition coefficient (Wildman–Crippen LogP) is 1.08. The van der Waals surface area contributed by atoms with Gasteiger partial charge in [-0.15, -0.1) is 11.3 Å². The van der Waals surface area contributed by atoms with E-state index in [1.165, 1.54) is 0 Å². The lowest BCUT2D eigenvalue weighted by atomic mass is 10.3. The van der Waals surface area contributed by atoms with Crippen LogP contribution in [0.15, 0.2) is 17.1 Å². The lowest BCUT2D eigenvalue weighted by Gasteiger charge is -1.85. The highest BCUT2D eigenvalue weighted by Crippen LogP contribution is 1.86. The summed E-state index contributed by atoms with van der Waals surface area (Å²) < 4.78 is 0. The molecule has 1 heterocycles. The van der Waals surface area contributed by atoms with Crippen LogP contribution in [0, 0.1) is 0 Å². The van der Waals surface area contributed by atoms with Gasteiger partial charge >= 0.3 is 11.9 Å². The molecule has 5 nitrogen and oxygen atoms in total. The second-order valence-electron chi connectivity index (χ2n) is 1.96. The number of thiazole rings is 1. The molecule has 6 heteroatoms. The summed E-state index contributed by atoms with van der Waals surface area (Å²) in [6.45, 7) is 0. The molecule has 0 amide bonds. The van der Waals surface area contributed by atoms with Crippen LogP contribution in [-0.2, 0) is 9.59 Å². The number of carboxylic acids is 2. The number of aliphatic carboxylic acids is 2. The minimum atomic E-state index is -1.08. The van der Waals surface area contributed by atoms with Crippen LogP contribution in [0.4, 0.5) is 0 Å². The highest BCUT2D eigenvalue weighted by atomic mass is 32.1. The van der Waals surface area contributed by atoms with E-state index in [0.29, 0.717) is 0 Å². The van der Waals surface area contributed by atoms with Crippen molar-refractivity contribution in [3.8, 4) is 0 Å². The van der Waals surface area contributed by atoms with Gasteiger partial charge in [0.05, 0.1) is 18.4 Å². The first kappa shape index (κ1) is 11.6. The fourth-order valence-corrected chi connectivity index (χ4v) is 0.741. The molecule has 0 bridgehead atoms. The van der Waals surface area contributed by atoms with Crippen molar-refractivity contribution in [1.82, 2.24) is 4.98 Å². The summed E-state index contributed by atoms with van der Waals surface area (Å²) in [6.07, 6.45) is 1.18. The van der Waals surface area contributed by atoms with Crippen molar-refractivity contribution < 1.29 is 19.8 Å². The average molecular weight is 203 g/mol. The van der Waals surface area contributed by atoms with Gasteiger partial charge in [-0.05, 0) is 0 Å². The molecule has 0 aliphatic rings. The van der Waals surface area contributed by atoms with Crippen LogP contribution in [0.2, 0.25) is 0 Å². The van der Waals surface area contributed by atoms with Crippen LogP contribution in [0.5, 0.6) is 0 Å². The molecule has 0 unspecified atom stereocenters. The van der Waals surface area contributed by atoms with Gasteiger partial charge in [-0.25, -0.2) is 0 Å². The molecule has 0 saturated carbocycles. The molecule has 0 atom stereocenters. The molecule has 2 N–H and O–H groups in total. The Hall–Kier alpha value is -1.43. The second-order valence-corrected chi connectivity index (χ2v) is 2.72. The monoisotopic (exact) mass is 203 g/mol.